The third-order valence-corrected chi connectivity index (χ3v) is 2.39. The number of aryl methyl sites for hydroxylation is 1. The molecule has 1 aromatic rings. The number of carboxylic acid groups (broad SMARTS) is 1. The first-order valence-electron chi connectivity index (χ1n) is 4.29. The molecule has 0 fully saturated rings. The number of nitrogens with two attached hydrogens (primary N) is 1. The molecule has 5 heteroatoms. The smallest absolute Gasteiger partial charge is 0.336 e. The number of alkyl halides is 1. The molecule has 3 N–H and O–H groups in total. The Morgan fingerprint density at radius 3 is 2.53 bits per heavy atom. The first-order chi connectivity index (χ1) is 7.07. The molecule has 0 radical (unpaired) electrons. The van der Waals surface area contributed by atoms with Gasteiger partial charge in [-0.1, -0.05) is 28.1 Å². The SMILES string of the molecule is NC(=O)c1cccc(CCBr)c1C(=O)O. The average Bonchev–Trinajstić information content (AvgIpc) is 2.17. The number of carboxylic acids is 1. The summed E-state index contributed by atoms with van der Waals surface area (Å²) in [7, 11) is 0. The second-order valence-corrected chi connectivity index (χ2v) is 3.74. The molecule has 15 heavy (non-hydrogen) atoms. The highest BCUT2D eigenvalue weighted by molar-refractivity contribution is 9.09. The molecule has 4 nitrogen and oxygen atoms in total. The van der Waals surface area contributed by atoms with Gasteiger partial charge in [0.1, 0.15) is 0 Å². The highest BCUT2D eigenvalue weighted by atomic mass is 79.9. The largest absolute Gasteiger partial charge is 0.478 e. The number of primary amides is 1. The van der Waals surface area contributed by atoms with Crippen LogP contribution in [0.2, 0.25) is 0 Å². The lowest BCUT2D eigenvalue weighted by Crippen LogP contribution is -2.18. The van der Waals surface area contributed by atoms with Crippen molar-refractivity contribution in [3.05, 3.63) is 34.9 Å². The summed E-state index contributed by atoms with van der Waals surface area (Å²) < 4.78 is 0. The van der Waals surface area contributed by atoms with Gasteiger partial charge in [-0.25, -0.2) is 4.79 Å². The van der Waals surface area contributed by atoms with Crippen LogP contribution in [-0.2, 0) is 6.42 Å². The van der Waals surface area contributed by atoms with Gasteiger partial charge >= 0.3 is 5.97 Å². The van der Waals surface area contributed by atoms with E-state index in [1.165, 1.54) is 6.07 Å². The second kappa shape index (κ2) is 4.93. The van der Waals surface area contributed by atoms with Crippen LogP contribution < -0.4 is 5.73 Å². The number of carbonyl (C=O) groups is 2. The molecule has 1 rings (SSSR count). The zero-order valence-electron chi connectivity index (χ0n) is 7.87. The fraction of sp³-hybridized carbons (Fsp3) is 0.200. The summed E-state index contributed by atoms with van der Waals surface area (Å²) in [6, 6.07) is 4.73. The first kappa shape index (κ1) is 11.7. The van der Waals surface area contributed by atoms with Gasteiger partial charge in [0.2, 0.25) is 5.91 Å². The van der Waals surface area contributed by atoms with Gasteiger partial charge < -0.3 is 10.8 Å². The Bertz CT molecular complexity index is 404. The van der Waals surface area contributed by atoms with E-state index in [1.807, 2.05) is 0 Å². The molecule has 0 unspecified atom stereocenters. The van der Waals surface area contributed by atoms with Crippen molar-refractivity contribution >= 4 is 27.8 Å². The zero-order chi connectivity index (χ0) is 11.4. The molecule has 1 aromatic carbocycles. The van der Waals surface area contributed by atoms with Crippen molar-refractivity contribution in [1.82, 2.24) is 0 Å². The molecule has 0 aliphatic heterocycles. The standard InChI is InChI=1S/C10H10BrNO3/c11-5-4-6-2-1-3-7(9(12)13)8(6)10(14)15/h1-3H,4-5H2,(H2,12,13)(H,14,15). The van der Waals surface area contributed by atoms with Gasteiger partial charge in [-0.2, -0.15) is 0 Å². The fourth-order valence-corrected chi connectivity index (χ4v) is 1.80. The molecule has 0 aliphatic rings. The summed E-state index contributed by atoms with van der Waals surface area (Å²) in [5, 5.41) is 9.63. The summed E-state index contributed by atoms with van der Waals surface area (Å²) >= 11 is 3.22. The number of hydrogen-bond donors (Lipinski definition) is 2. The zero-order valence-corrected chi connectivity index (χ0v) is 9.45. The number of halogens is 1. The summed E-state index contributed by atoms with van der Waals surface area (Å²) in [6.07, 6.45) is 0.544. The van der Waals surface area contributed by atoms with Crippen molar-refractivity contribution in [2.75, 3.05) is 5.33 Å². The van der Waals surface area contributed by atoms with E-state index in [0.29, 0.717) is 17.3 Å². The van der Waals surface area contributed by atoms with Gasteiger partial charge in [-0.05, 0) is 18.1 Å². The molecule has 0 saturated carbocycles. The maximum atomic E-state index is 11.0. The van der Waals surface area contributed by atoms with Crippen molar-refractivity contribution in [2.24, 2.45) is 5.73 Å². The fourth-order valence-electron chi connectivity index (χ4n) is 1.37. The van der Waals surface area contributed by atoms with Gasteiger partial charge in [0.25, 0.3) is 0 Å². The van der Waals surface area contributed by atoms with E-state index in [1.54, 1.807) is 12.1 Å². The summed E-state index contributed by atoms with van der Waals surface area (Å²) in [6.45, 7) is 0. The maximum Gasteiger partial charge on any atom is 0.336 e. The minimum absolute atomic E-state index is 0.00412. The average molecular weight is 272 g/mol. The Morgan fingerprint density at radius 2 is 2.07 bits per heavy atom. The minimum Gasteiger partial charge on any atom is -0.478 e. The Labute approximate surface area is 95.2 Å². The van der Waals surface area contributed by atoms with Crippen molar-refractivity contribution in [3.8, 4) is 0 Å². The predicted octanol–water partition coefficient (Wildman–Crippen LogP) is 1.42. The Hall–Kier alpha value is -1.36. The van der Waals surface area contributed by atoms with E-state index in [-0.39, 0.29) is 11.1 Å². The number of benzene rings is 1. The van der Waals surface area contributed by atoms with Crippen molar-refractivity contribution in [3.63, 3.8) is 0 Å². The normalized spacial score (nSPS) is 9.93. The van der Waals surface area contributed by atoms with E-state index >= 15 is 0 Å². The van der Waals surface area contributed by atoms with Crippen molar-refractivity contribution in [2.45, 2.75) is 6.42 Å². The van der Waals surface area contributed by atoms with Crippen LogP contribution in [0, 0.1) is 0 Å². The quantitative estimate of drug-likeness (QED) is 0.813. The van der Waals surface area contributed by atoms with Crippen molar-refractivity contribution < 1.29 is 14.7 Å². The van der Waals surface area contributed by atoms with E-state index in [9.17, 15) is 9.59 Å². The maximum absolute atomic E-state index is 11.0. The van der Waals surface area contributed by atoms with Crippen LogP contribution in [-0.4, -0.2) is 22.3 Å². The molecular formula is C10H10BrNO3. The molecule has 0 aromatic heterocycles. The van der Waals surface area contributed by atoms with E-state index in [4.69, 9.17) is 10.8 Å². The molecule has 0 atom stereocenters. The number of hydrogen-bond acceptors (Lipinski definition) is 2. The topological polar surface area (TPSA) is 80.4 Å². The summed E-state index contributed by atoms with van der Waals surface area (Å²) in [5.74, 6) is -1.84. The lowest BCUT2D eigenvalue weighted by molar-refractivity contribution is 0.0691. The number of rotatable bonds is 4. The van der Waals surface area contributed by atoms with Crippen LogP contribution >= 0.6 is 15.9 Å². The first-order valence-corrected chi connectivity index (χ1v) is 5.41. The predicted molar refractivity (Wildman–Crippen MR) is 59.4 cm³/mol. The lowest BCUT2D eigenvalue weighted by Gasteiger charge is -2.07. The van der Waals surface area contributed by atoms with Gasteiger partial charge in [0.15, 0.2) is 0 Å². The van der Waals surface area contributed by atoms with Gasteiger partial charge in [0, 0.05) is 5.33 Å². The van der Waals surface area contributed by atoms with Gasteiger partial charge in [-0.15, -0.1) is 0 Å². The molecule has 80 valence electrons. The van der Waals surface area contributed by atoms with E-state index in [2.05, 4.69) is 15.9 Å². The van der Waals surface area contributed by atoms with E-state index < -0.39 is 11.9 Å². The highest BCUT2D eigenvalue weighted by Crippen LogP contribution is 2.16. The van der Waals surface area contributed by atoms with Crippen LogP contribution in [0.4, 0.5) is 0 Å². The van der Waals surface area contributed by atoms with Crippen LogP contribution in [0.15, 0.2) is 18.2 Å². The summed E-state index contributed by atoms with van der Waals surface area (Å²) in [4.78, 5) is 22.0. The molecule has 0 aliphatic carbocycles. The monoisotopic (exact) mass is 271 g/mol. The Balaban J connectivity index is 3.34. The Morgan fingerprint density at radius 1 is 1.40 bits per heavy atom. The minimum atomic E-state index is -1.12. The van der Waals surface area contributed by atoms with Crippen molar-refractivity contribution in [1.29, 1.82) is 0 Å². The Kier molecular flexibility index (Phi) is 3.85. The van der Waals surface area contributed by atoms with Gasteiger partial charge in [-0.3, -0.25) is 4.79 Å². The molecule has 1 amide bonds. The number of amides is 1. The second-order valence-electron chi connectivity index (χ2n) is 2.95. The molecule has 0 saturated heterocycles. The molecule has 0 spiro atoms. The molecule has 0 heterocycles. The highest BCUT2D eigenvalue weighted by Gasteiger charge is 2.17. The van der Waals surface area contributed by atoms with E-state index in [0.717, 1.165) is 0 Å². The molecule has 0 bridgehead atoms. The lowest BCUT2D eigenvalue weighted by atomic mass is 9.99. The number of aromatic carboxylic acids is 1. The number of carbonyl (C=O) groups excluding carboxylic acids is 1. The third kappa shape index (κ3) is 2.56. The third-order valence-electron chi connectivity index (χ3n) is 1.99. The van der Waals surface area contributed by atoms with Gasteiger partial charge in [0.05, 0.1) is 11.1 Å². The van der Waals surface area contributed by atoms with Crippen LogP contribution in [0.25, 0.3) is 0 Å². The van der Waals surface area contributed by atoms with Crippen LogP contribution in [0.5, 0.6) is 0 Å². The van der Waals surface area contributed by atoms with Crippen LogP contribution in [0.1, 0.15) is 26.3 Å². The van der Waals surface area contributed by atoms with Crippen LogP contribution in [0.3, 0.4) is 0 Å². The summed E-state index contributed by atoms with van der Waals surface area (Å²) in [5.41, 5.74) is 5.77. The molecular weight excluding hydrogens is 262 g/mol.